The van der Waals surface area contributed by atoms with Gasteiger partial charge >= 0.3 is 0 Å². The van der Waals surface area contributed by atoms with Crippen molar-refractivity contribution in [1.29, 1.82) is 0 Å². The highest BCUT2D eigenvalue weighted by molar-refractivity contribution is 5.46. The van der Waals surface area contributed by atoms with Crippen LogP contribution in [0.3, 0.4) is 0 Å². The van der Waals surface area contributed by atoms with E-state index in [2.05, 4.69) is 31.1 Å². The SMILES string of the molecule is CCNC(c1c(C)ccnc1N)C(CC)OC. The van der Waals surface area contributed by atoms with Crippen molar-refractivity contribution in [1.82, 2.24) is 10.3 Å². The molecule has 0 saturated heterocycles. The number of hydrogen-bond donors (Lipinski definition) is 2. The van der Waals surface area contributed by atoms with Gasteiger partial charge in [0, 0.05) is 18.9 Å². The molecule has 4 nitrogen and oxygen atoms in total. The van der Waals surface area contributed by atoms with Crippen LogP contribution in [0.1, 0.15) is 37.4 Å². The Hall–Kier alpha value is -1.13. The van der Waals surface area contributed by atoms with Gasteiger partial charge in [-0.15, -0.1) is 0 Å². The Kier molecular flexibility index (Phi) is 5.38. The number of likely N-dealkylation sites (N-methyl/N-ethyl adjacent to an activating group) is 1. The number of methoxy groups -OCH3 is 1. The lowest BCUT2D eigenvalue weighted by Crippen LogP contribution is -2.34. The summed E-state index contributed by atoms with van der Waals surface area (Å²) in [5.41, 5.74) is 8.20. The fourth-order valence-electron chi connectivity index (χ4n) is 2.17. The number of ether oxygens (including phenoxy) is 1. The maximum Gasteiger partial charge on any atom is 0.128 e. The first kappa shape index (κ1) is 13.9. The van der Waals surface area contributed by atoms with Crippen LogP contribution in [0.5, 0.6) is 0 Å². The summed E-state index contributed by atoms with van der Waals surface area (Å²) in [5.74, 6) is 0.589. The Labute approximate surface area is 104 Å². The maximum absolute atomic E-state index is 5.99. The second kappa shape index (κ2) is 6.57. The van der Waals surface area contributed by atoms with Gasteiger partial charge in [0.2, 0.25) is 0 Å². The van der Waals surface area contributed by atoms with Crippen molar-refractivity contribution in [2.75, 3.05) is 19.4 Å². The van der Waals surface area contributed by atoms with Crippen LogP contribution in [0.2, 0.25) is 0 Å². The van der Waals surface area contributed by atoms with Crippen LogP contribution in [0.4, 0.5) is 5.82 Å². The Morgan fingerprint density at radius 2 is 2.18 bits per heavy atom. The molecular formula is C13H23N3O. The van der Waals surface area contributed by atoms with E-state index in [0.29, 0.717) is 5.82 Å². The van der Waals surface area contributed by atoms with E-state index in [9.17, 15) is 0 Å². The van der Waals surface area contributed by atoms with Crippen molar-refractivity contribution in [3.05, 3.63) is 23.4 Å². The van der Waals surface area contributed by atoms with E-state index < -0.39 is 0 Å². The van der Waals surface area contributed by atoms with Gasteiger partial charge in [-0.1, -0.05) is 13.8 Å². The van der Waals surface area contributed by atoms with Gasteiger partial charge in [0.1, 0.15) is 5.82 Å². The third-order valence-corrected chi connectivity index (χ3v) is 3.05. The number of nitrogens with one attached hydrogen (secondary N) is 1. The molecule has 96 valence electrons. The van der Waals surface area contributed by atoms with Crippen LogP contribution < -0.4 is 11.1 Å². The molecule has 4 heteroatoms. The zero-order valence-electron chi connectivity index (χ0n) is 11.2. The predicted octanol–water partition coefficient (Wildman–Crippen LogP) is 2.05. The van der Waals surface area contributed by atoms with E-state index in [-0.39, 0.29) is 12.1 Å². The van der Waals surface area contributed by atoms with E-state index in [1.54, 1.807) is 13.3 Å². The summed E-state index contributed by atoms with van der Waals surface area (Å²) in [5, 5.41) is 3.44. The second-order valence-corrected chi connectivity index (χ2v) is 4.14. The van der Waals surface area contributed by atoms with Gasteiger partial charge in [0.05, 0.1) is 12.1 Å². The zero-order chi connectivity index (χ0) is 12.8. The van der Waals surface area contributed by atoms with Crippen LogP contribution in [0, 0.1) is 6.92 Å². The molecule has 1 rings (SSSR count). The van der Waals surface area contributed by atoms with Crippen molar-refractivity contribution >= 4 is 5.82 Å². The molecule has 2 unspecified atom stereocenters. The molecule has 0 spiro atoms. The van der Waals surface area contributed by atoms with Crippen molar-refractivity contribution in [3.63, 3.8) is 0 Å². The predicted molar refractivity (Wildman–Crippen MR) is 70.9 cm³/mol. The Bertz CT molecular complexity index is 330. The minimum Gasteiger partial charge on any atom is -0.383 e. The van der Waals surface area contributed by atoms with E-state index >= 15 is 0 Å². The van der Waals surface area contributed by atoms with Gasteiger partial charge in [0.15, 0.2) is 0 Å². The van der Waals surface area contributed by atoms with Crippen LogP contribution in [-0.2, 0) is 4.74 Å². The smallest absolute Gasteiger partial charge is 0.128 e. The Morgan fingerprint density at radius 3 is 2.65 bits per heavy atom. The van der Waals surface area contributed by atoms with Crippen LogP contribution in [0.15, 0.2) is 12.3 Å². The zero-order valence-corrected chi connectivity index (χ0v) is 11.2. The van der Waals surface area contributed by atoms with Gasteiger partial charge in [0.25, 0.3) is 0 Å². The number of hydrogen-bond acceptors (Lipinski definition) is 4. The number of nitrogen functional groups attached to an aromatic ring is 1. The molecule has 1 aromatic rings. The van der Waals surface area contributed by atoms with E-state index in [0.717, 1.165) is 24.1 Å². The van der Waals surface area contributed by atoms with E-state index in [4.69, 9.17) is 10.5 Å². The lowest BCUT2D eigenvalue weighted by Gasteiger charge is -2.28. The topological polar surface area (TPSA) is 60.2 Å². The van der Waals surface area contributed by atoms with Gasteiger partial charge in [-0.3, -0.25) is 0 Å². The third-order valence-electron chi connectivity index (χ3n) is 3.05. The molecule has 0 aromatic carbocycles. The summed E-state index contributed by atoms with van der Waals surface area (Å²) in [6.07, 6.45) is 2.78. The van der Waals surface area contributed by atoms with Crippen LogP contribution >= 0.6 is 0 Å². The van der Waals surface area contributed by atoms with Crippen LogP contribution in [0.25, 0.3) is 0 Å². The molecule has 0 aliphatic rings. The minimum atomic E-state index is 0.101. The van der Waals surface area contributed by atoms with Gasteiger partial charge in [-0.05, 0) is 31.5 Å². The average molecular weight is 237 g/mol. The fourth-order valence-corrected chi connectivity index (χ4v) is 2.17. The number of pyridine rings is 1. The molecule has 0 bridgehead atoms. The van der Waals surface area contributed by atoms with E-state index in [1.165, 1.54) is 0 Å². The highest BCUT2D eigenvalue weighted by Gasteiger charge is 2.24. The molecule has 17 heavy (non-hydrogen) atoms. The number of rotatable bonds is 6. The van der Waals surface area contributed by atoms with Crippen molar-refractivity contribution in [2.24, 2.45) is 0 Å². The molecule has 1 aromatic heterocycles. The van der Waals surface area contributed by atoms with Crippen LogP contribution in [-0.4, -0.2) is 24.7 Å². The lowest BCUT2D eigenvalue weighted by atomic mass is 9.96. The number of anilines is 1. The first-order valence-corrected chi connectivity index (χ1v) is 6.12. The fraction of sp³-hybridized carbons (Fsp3) is 0.615. The van der Waals surface area contributed by atoms with Gasteiger partial charge < -0.3 is 15.8 Å². The summed E-state index contributed by atoms with van der Waals surface area (Å²) in [6, 6.07) is 2.09. The summed E-state index contributed by atoms with van der Waals surface area (Å²) in [6.45, 7) is 7.12. The lowest BCUT2D eigenvalue weighted by molar-refractivity contribution is 0.0655. The quantitative estimate of drug-likeness (QED) is 0.795. The highest BCUT2D eigenvalue weighted by Crippen LogP contribution is 2.27. The monoisotopic (exact) mass is 237 g/mol. The van der Waals surface area contributed by atoms with Crippen molar-refractivity contribution in [3.8, 4) is 0 Å². The average Bonchev–Trinajstić information content (AvgIpc) is 2.30. The first-order valence-electron chi connectivity index (χ1n) is 6.12. The maximum atomic E-state index is 5.99. The third kappa shape index (κ3) is 3.17. The standard InChI is InChI=1S/C13H23N3O/c1-5-10(17-4)12(15-6-2)11-9(3)7-8-16-13(11)14/h7-8,10,12,15H,5-6H2,1-4H3,(H2,14,16). The summed E-state index contributed by atoms with van der Waals surface area (Å²) < 4.78 is 5.53. The van der Waals surface area contributed by atoms with Crippen molar-refractivity contribution < 1.29 is 4.74 Å². The summed E-state index contributed by atoms with van der Waals surface area (Å²) in [4.78, 5) is 4.18. The number of aromatic nitrogens is 1. The molecule has 0 aliphatic heterocycles. The molecule has 0 aliphatic carbocycles. The van der Waals surface area contributed by atoms with E-state index in [1.807, 2.05) is 6.07 Å². The minimum absolute atomic E-state index is 0.101. The first-order chi connectivity index (χ1) is 8.15. The molecule has 3 N–H and O–H groups in total. The number of aryl methyl sites for hydroxylation is 1. The second-order valence-electron chi connectivity index (χ2n) is 4.14. The van der Waals surface area contributed by atoms with Gasteiger partial charge in [-0.2, -0.15) is 0 Å². The largest absolute Gasteiger partial charge is 0.383 e. The molecule has 1 heterocycles. The van der Waals surface area contributed by atoms with Gasteiger partial charge in [-0.25, -0.2) is 4.98 Å². The van der Waals surface area contributed by atoms with Crippen molar-refractivity contribution in [2.45, 2.75) is 39.3 Å². The number of nitrogens with zero attached hydrogens (tertiary/aromatic N) is 1. The normalized spacial score (nSPS) is 14.6. The Morgan fingerprint density at radius 1 is 1.47 bits per heavy atom. The molecular weight excluding hydrogens is 214 g/mol. The summed E-state index contributed by atoms with van der Waals surface area (Å²) in [7, 11) is 1.74. The number of nitrogens with two attached hydrogens (primary N) is 1. The molecule has 0 fully saturated rings. The molecule has 2 atom stereocenters. The Balaban J connectivity index is 3.12. The highest BCUT2D eigenvalue weighted by atomic mass is 16.5. The molecule has 0 radical (unpaired) electrons. The molecule has 0 saturated carbocycles. The molecule has 0 amide bonds. The summed E-state index contributed by atoms with van der Waals surface area (Å²) >= 11 is 0.